The first-order valence-corrected chi connectivity index (χ1v) is 24.9. The molecule has 3 heterocycles. The van der Waals surface area contributed by atoms with Crippen molar-refractivity contribution in [1.82, 2.24) is 0 Å². The predicted octanol–water partition coefficient (Wildman–Crippen LogP) is 11.9. The van der Waals surface area contributed by atoms with E-state index in [9.17, 15) is 13.2 Å². The fraction of sp³-hybridized carbons (Fsp3) is 0.444. The van der Waals surface area contributed by atoms with Crippen molar-refractivity contribution in [3.05, 3.63) is 93.4 Å². The van der Waals surface area contributed by atoms with E-state index in [4.69, 9.17) is 4.74 Å². The summed E-state index contributed by atoms with van der Waals surface area (Å²) in [5, 5.41) is 0. The van der Waals surface area contributed by atoms with E-state index in [1.807, 2.05) is 11.3 Å². The van der Waals surface area contributed by atoms with Crippen molar-refractivity contribution in [3.8, 4) is 15.5 Å². The van der Waals surface area contributed by atoms with Crippen LogP contribution in [0.15, 0.2) is 60.7 Å². The first-order valence-electron chi connectivity index (χ1n) is 15.8. The van der Waals surface area contributed by atoms with Gasteiger partial charge in [-0.3, -0.25) is 0 Å². The van der Waals surface area contributed by atoms with Crippen LogP contribution < -0.4 is 7.63 Å². The number of benzene rings is 2. The summed E-state index contributed by atoms with van der Waals surface area (Å²) in [4.78, 5) is 3.59. The van der Waals surface area contributed by atoms with Gasteiger partial charge in [-0.2, -0.15) is 0 Å². The summed E-state index contributed by atoms with van der Waals surface area (Å²) in [5.74, 6) is 0.834. The number of aryl methyl sites for hydroxylation is 2. The van der Waals surface area contributed by atoms with Gasteiger partial charge in [-0.25, -0.2) is 0 Å². The number of rotatable bonds is 12. The number of hydrogen-bond acceptors (Lipinski definition) is 3. The molecule has 7 heteroatoms. The molecule has 0 N–H and O–H groups in total. The van der Waals surface area contributed by atoms with Crippen LogP contribution >= 0.6 is 22.7 Å². The molecule has 43 heavy (non-hydrogen) atoms. The average Bonchev–Trinajstić information content (AvgIpc) is 3.60. The van der Waals surface area contributed by atoms with Gasteiger partial charge in [-0.15, -0.1) is 0 Å². The monoisotopic (exact) mass is 732 g/mol. The van der Waals surface area contributed by atoms with E-state index in [2.05, 4.69) is 71.0 Å². The Hall–Kier alpha value is -1.77. The average molecular weight is 732 g/mol. The van der Waals surface area contributed by atoms with Crippen molar-refractivity contribution < 1.29 is 17.9 Å². The minimum atomic E-state index is -4.40. The second-order valence-corrected chi connectivity index (χ2v) is 28.7. The van der Waals surface area contributed by atoms with Crippen molar-refractivity contribution in [2.24, 2.45) is 0 Å². The van der Waals surface area contributed by atoms with E-state index in [0.717, 1.165) is 28.0 Å². The SMILES string of the molecule is CCC[CH2][Sn]([CH2]CCC)([CH2]CCC)[c]1cc2c(s1)-c1sc(C)cc1OC2(c1ccc(C)cc1)c1ccc(C(F)(F)F)cc1. The van der Waals surface area contributed by atoms with Gasteiger partial charge in [0, 0.05) is 0 Å². The number of alkyl halides is 3. The first kappa shape index (κ1) is 32.6. The molecular weight excluding hydrogens is 688 g/mol. The Kier molecular flexibility index (Phi) is 10.1. The number of unbranched alkanes of at least 4 members (excludes halogenated alkanes) is 3. The van der Waals surface area contributed by atoms with Gasteiger partial charge < -0.3 is 0 Å². The molecule has 0 fully saturated rings. The van der Waals surface area contributed by atoms with Crippen LogP contribution in [-0.2, 0) is 11.8 Å². The fourth-order valence-corrected chi connectivity index (χ4v) is 28.0. The number of halogens is 3. The zero-order chi connectivity index (χ0) is 30.8. The second-order valence-electron chi connectivity index (χ2n) is 12.2. The molecule has 1 unspecified atom stereocenters. The third-order valence-electron chi connectivity index (χ3n) is 9.03. The van der Waals surface area contributed by atoms with Crippen LogP contribution in [0.4, 0.5) is 13.2 Å². The maximum absolute atomic E-state index is 13.7. The summed E-state index contributed by atoms with van der Waals surface area (Å²) < 4.78 is 53.9. The normalized spacial score (nSPS) is 16.6. The van der Waals surface area contributed by atoms with Crippen molar-refractivity contribution in [3.63, 3.8) is 0 Å². The van der Waals surface area contributed by atoms with Crippen molar-refractivity contribution in [1.29, 1.82) is 0 Å². The molecule has 1 aliphatic heterocycles. The van der Waals surface area contributed by atoms with Crippen LogP contribution in [-0.4, -0.2) is 18.4 Å². The van der Waals surface area contributed by atoms with Crippen LogP contribution in [0.5, 0.6) is 5.75 Å². The number of ether oxygens (including phenoxy) is 1. The zero-order valence-corrected chi connectivity index (χ0v) is 30.5. The molecule has 1 nitrogen and oxygen atoms in total. The van der Waals surface area contributed by atoms with E-state index >= 15 is 0 Å². The van der Waals surface area contributed by atoms with E-state index in [0.29, 0.717) is 0 Å². The van der Waals surface area contributed by atoms with Gasteiger partial charge in [0.1, 0.15) is 0 Å². The summed E-state index contributed by atoms with van der Waals surface area (Å²) in [6.07, 6.45) is 3.04. The number of thiophene rings is 2. The van der Waals surface area contributed by atoms with E-state index in [1.165, 1.54) is 78.6 Å². The second kappa shape index (κ2) is 13.3. The van der Waals surface area contributed by atoms with Crippen LogP contribution in [0.1, 0.15) is 92.0 Å². The third-order valence-corrected chi connectivity index (χ3v) is 29.6. The molecule has 0 amide bonds. The minimum absolute atomic E-state index is 0.640. The first-order chi connectivity index (χ1) is 20.6. The summed E-state index contributed by atoms with van der Waals surface area (Å²) >= 11 is 0.924. The fourth-order valence-electron chi connectivity index (χ4n) is 6.60. The molecule has 5 rings (SSSR count). The summed E-state index contributed by atoms with van der Waals surface area (Å²) in [6.45, 7) is 11.1. The number of fused-ring (bicyclic) bond motifs is 3. The molecule has 4 aromatic rings. The maximum atomic E-state index is 13.7. The molecule has 0 radical (unpaired) electrons. The Bertz CT molecular complexity index is 1500. The molecule has 230 valence electrons. The van der Waals surface area contributed by atoms with Gasteiger partial charge in [0.2, 0.25) is 0 Å². The molecule has 0 bridgehead atoms. The van der Waals surface area contributed by atoms with Gasteiger partial charge in [0.05, 0.1) is 0 Å². The quantitative estimate of drug-likeness (QED) is 0.132. The molecule has 0 saturated heterocycles. The molecule has 0 spiro atoms. The molecule has 1 aliphatic rings. The Morgan fingerprint density at radius 3 is 1.77 bits per heavy atom. The van der Waals surface area contributed by atoms with Crippen LogP contribution in [0.25, 0.3) is 9.75 Å². The molecule has 0 aliphatic carbocycles. The van der Waals surface area contributed by atoms with Crippen LogP contribution in [0, 0.1) is 13.8 Å². The molecular formula is C36H43F3OS2Sn. The molecule has 2 aromatic heterocycles. The molecule has 1 atom stereocenters. The summed E-state index contributed by atoms with van der Waals surface area (Å²) in [6, 6.07) is 18.6. The zero-order valence-electron chi connectivity index (χ0n) is 26.0. The third kappa shape index (κ3) is 6.35. The Balaban J connectivity index is 1.80. The van der Waals surface area contributed by atoms with Gasteiger partial charge in [0.25, 0.3) is 0 Å². The standard InChI is InChI=1S/C24H16F3OS2.3C4H9.Sn/c1-14-3-5-16(6-4-14)23(17-7-9-18(10-8-17)24(25,26)27)19-11-12-29-21(19)22-20(28-23)13-15(2)30-22;3*1-3-4-2;/h3-11,13H,1-2H3;3*1,3-4H2,2H3;. The van der Waals surface area contributed by atoms with Gasteiger partial charge in [-0.1, -0.05) is 0 Å². The van der Waals surface area contributed by atoms with E-state index < -0.39 is 35.7 Å². The Labute approximate surface area is 267 Å². The Morgan fingerprint density at radius 1 is 0.721 bits per heavy atom. The van der Waals surface area contributed by atoms with Crippen molar-refractivity contribution >= 4 is 43.9 Å². The Morgan fingerprint density at radius 2 is 1.26 bits per heavy atom. The topological polar surface area (TPSA) is 9.23 Å². The van der Waals surface area contributed by atoms with Gasteiger partial charge in [0.15, 0.2) is 0 Å². The van der Waals surface area contributed by atoms with Crippen LogP contribution in [0.3, 0.4) is 0 Å². The van der Waals surface area contributed by atoms with Crippen LogP contribution in [0.2, 0.25) is 13.3 Å². The van der Waals surface area contributed by atoms with Crippen molar-refractivity contribution in [2.75, 3.05) is 0 Å². The van der Waals surface area contributed by atoms with E-state index in [1.54, 1.807) is 26.4 Å². The number of hydrogen-bond donors (Lipinski definition) is 0. The predicted molar refractivity (Wildman–Crippen MR) is 180 cm³/mol. The van der Waals surface area contributed by atoms with E-state index in [-0.39, 0.29) is 0 Å². The molecule has 2 aromatic carbocycles. The van der Waals surface area contributed by atoms with Crippen molar-refractivity contribution in [2.45, 2.75) is 98.2 Å². The van der Waals surface area contributed by atoms with Gasteiger partial charge in [-0.05, 0) is 0 Å². The summed E-state index contributed by atoms with van der Waals surface area (Å²) in [5.41, 5.74) is 2.26. The summed E-state index contributed by atoms with van der Waals surface area (Å²) in [7, 11) is 0. The van der Waals surface area contributed by atoms with Gasteiger partial charge >= 0.3 is 269 Å². The molecule has 0 saturated carbocycles.